The summed E-state index contributed by atoms with van der Waals surface area (Å²) in [6.45, 7) is 12.7. The molecule has 0 spiro atoms. The maximum atomic E-state index is 6.38. The van der Waals surface area contributed by atoms with Crippen LogP contribution in [0.2, 0.25) is 0 Å². The van der Waals surface area contributed by atoms with Crippen LogP contribution in [0.15, 0.2) is 30.3 Å². The van der Waals surface area contributed by atoms with Gasteiger partial charge in [0.15, 0.2) is 0 Å². The van der Waals surface area contributed by atoms with Crippen LogP contribution in [0.3, 0.4) is 0 Å². The average Bonchev–Trinajstić information content (AvgIpc) is 2.61. The molecular formula is C19H30N2O2. The summed E-state index contributed by atoms with van der Waals surface area (Å²) >= 11 is 0. The second-order valence-electron chi connectivity index (χ2n) is 7.03. The largest absolute Gasteiger partial charge is 0.379 e. The number of nitrogens with zero attached hydrogens (tertiary/aromatic N) is 2. The first-order chi connectivity index (χ1) is 11.2. The molecule has 23 heavy (non-hydrogen) atoms. The average molecular weight is 318 g/mol. The van der Waals surface area contributed by atoms with Gasteiger partial charge in [-0.15, -0.1) is 0 Å². The molecular weight excluding hydrogens is 288 g/mol. The number of morpholine rings is 2. The molecule has 0 amide bonds. The summed E-state index contributed by atoms with van der Waals surface area (Å²) in [7, 11) is 0. The lowest BCUT2D eigenvalue weighted by atomic mass is 10.0. The number of ether oxygens (including phenoxy) is 2. The highest BCUT2D eigenvalue weighted by Crippen LogP contribution is 2.27. The van der Waals surface area contributed by atoms with Gasteiger partial charge in [0, 0.05) is 39.3 Å². The number of benzene rings is 1. The molecule has 0 aromatic heterocycles. The zero-order chi connectivity index (χ0) is 16.1. The highest BCUT2D eigenvalue weighted by atomic mass is 16.5. The molecule has 1 aromatic rings. The van der Waals surface area contributed by atoms with E-state index in [0.717, 1.165) is 52.5 Å². The Bertz CT molecular complexity index is 460. The monoisotopic (exact) mass is 318 g/mol. The Labute approximate surface area is 140 Å². The Kier molecular flexibility index (Phi) is 6.06. The lowest BCUT2D eigenvalue weighted by Gasteiger charge is -2.41. The molecule has 0 saturated carbocycles. The molecule has 2 atom stereocenters. The fourth-order valence-electron chi connectivity index (χ4n) is 3.37. The maximum absolute atomic E-state index is 6.38. The van der Waals surface area contributed by atoms with Crippen LogP contribution >= 0.6 is 0 Å². The minimum atomic E-state index is 0.196. The van der Waals surface area contributed by atoms with Crippen molar-refractivity contribution < 1.29 is 9.47 Å². The van der Waals surface area contributed by atoms with E-state index in [0.29, 0.717) is 12.0 Å². The van der Waals surface area contributed by atoms with Crippen molar-refractivity contribution >= 4 is 0 Å². The molecule has 4 nitrogen and oxygen atoms in total. The molecule has 0 bridgehead atoms. The standard InChI is InChI=1S/C19H30N2O2/c1-16(2)18-14-21(9-8-20-10-12-22-13-11-20)15-19(23-18)17-6-4-3-5-7-17/h3-7,16,18-19H,8-15H2,1-2H3/t18-,19+/m1/s1. The van der Waals surface area contributed by atoms with Crippen molar-refractivity contribution in [3.63, 3.8) is 0 Å². The first-order valence-electron chi connectivity index (χ1n) is 8.95. The molecule has 0 unspecified atom stereocenters. The molecule has 128 valence electrons. The molecule has 2 aliphatic rings. The van der Waals surface area contributed by atoms with Crippen LogP contribution in [0, 0.1) is 5.92 Å². The van der Waals surface area contributed by atoms with Gasteiger partial charge in [0.25, 0.3) is 0 Å². The van der Waals surface area contributed by atoms with Gasteiger partial charge in [-0.05, 0) is 11.5 Å². The summed E-state index contributed by atoms with van der Waals surface area (Å²) < 4.78 is 11.8. The van der Waals surface area contributed by atoms with E-state index < -0.39 is 0 Å². The Morgan fingerprint density at radius 3 is 2.39 bits per heavy atom. The third kappa shape index (κ3) is 4.77. The van der Waals surface area contributed by atoms with Crippen LogP contribution in [0.1, 0.15) is 25.5 Å². The van der Waals surface area contributed by atoms with E-state index >= 15 is 0 Å². The number of hydrogen-bond acceptors (Lipinski definition) is 4. The van der Waals surface area contributed by atoms with Gasteiger partial charge in [0.1, 0.15) is 0 Å². The highest BCUT2D eigenvalue weighted by molar-refractivity contribution is 5.18. The van der Waals surface area contributed by atoms with Crippen molar-refractivity contribution in [3.05, 3.63) is 35.9 Å². The molecule has 0 aliphatic carbocycles. The number of hydrogen-bond donors (Lipinski definition) is 0. The van der Waals surface area contributed by atoms with Gasteiger partial charge in [-0.3, -0.25) is 9.80 Å². The van der Waals surface area contributed by atoms with Crippen molar-refractivity contribution in [2.24, 2.45) is 5.92 Å². The van der Waals surface area contributed by atoms with Crippen LogP contribution in [0.5, 0.6) is 0 Å². The third-order valence-corrected chi connectivity index (χ3v) is 4.95. The van der Waals surface area contributed by atoms with E-state index in [2.05, 4.69) is 54.0 Å². The van der Waals surface area contributed by atoms with Gasteiger partial charge < -0.3 is 9.47 Å². The molecule has 2 aliphatic heterocycles. The fraction of sp³-hybridized carbons (Fsp3) is 0.684. The molecule has 2 fully saturated rings. The summed E-state index contributed by atoms with van der Waals surface area (Å²) in [6.07, 6.45) is 0.515. The summed E-state index contributed by atoms with van der Waals surface area (Å²) in [5, 5.41) is 0. The minimum absolute atomic E-state index is 0.196. The van der Waals surface area contributed by atoms with Crippen molar-refractivity contribution in [1.29, 1.82) is 0 Å². The Hall–Kier alpha value is -0.940. The lowest BCUT2D eigenvalue weighted by molar-refractivity contribution is -0.107. The second-order valence-corrected chi connectivity index (χ2v) is 7.03. The van der Waals surface area contributed by atoms with Crippen LogP contribution < -0.4 is 0 Å². The van der Waals surface area contributed by atoms with Crippen molar-refractivity contribution in [3.8, 4) is 0 Å². The molecule has 2 heterocycles. The van der Waals surface area contributed by atoms with E-state index in [1.807, 2.05) is 0 Å². The van der Waals surface area contributed by atoms with E-state index in [9.17, 15) is 0 Å². The van der Waals surface area contributed by atoms with Crippen LogP contribution in [-0.4, -0.2) is 68.4 Å². The fourth-order valence-corrected chi connectivity index (χ4v) is 3.37. The molecule has 4 heteroatoms. The summed E-state index contributed by atoms with van der Waals surface area (Å²) in [5.74, 6) is 0.549. The Morgan fingerprint density at radius 2 is 1.70 bits per heavy atom. The number of rotatable bonds is 5. The topological polar surface area (TPSA) is 24.9 Å². The van der Waals surface area contributed by atoms with Gasteiger partial charge in [-0.1, -0.05) is 44.2 Å². The maximum Gasteiger partial charge on any atom is 0.0956 e. The third-order valence-electron chi connectivity index (χ3n) is 4.95. The van der Waals surface area contributed by atoms with Crippen molar-refractivity contribution in [2.75, 3.05) is 52.5 Å². The predicted molar refractivity (Wildman–Crippen MR) is 92.6 cm³/mol. The zero-order valence-corrected chi connectivity index (χ0v) is 14.5. The van der Waals surface area contributed by atoms with Gasteiger partial charge in [-0.25, -0.2) is 0 Å². The van der Waals surface area contributed by atoms with E-state index in [-0.39, 0.29) is 6.10 Å². The first kappa shape index (κ1) is 16.9. The zero-order valence-electron chi connectivity index (χ0n) is 14.5. The molecule has 2 saturated heterocycles. The van der Waals surface area contributed by atoms with E-state index in [4.69, 9.17) is 9.47 Å². The highest BCUT2D eigenvalue weighted by Gasteiger charge is 2.30. The van der Waals surface area contributed by atoms with E-state index in [1.165, 1.54) is 5.56 Å². The Balaban J connectivity index is 1.59. The first-order valence-corrected chi connectivity index (χ1v) is 8.95. The van der Waals surface area contributed by atoms with Crippen LogP contribution in [-0.2, 0) is 9.47 Å². The molecule has 3 rings (SSSR count). The molecule has 1 aromatic carbocycles. The second kappa shape index (κ2) is 8.25. The van der Waals surface area contributed by atoms with E-state index in [1.54, 1.807) is 0 Å². The Morgan fingerprint density at radius 1 is 1.00 bits per heavy atom. The van der Waals surface area contributed by atoms with Crippen LogP contribution in [0.25, 0.3) is 0 Å². The summed E-state index contributed by atoms with van der Waals surface area (Å²) in [4.78, 5) is 5.10. The van der Waals surface area contributed by atoms with Gasteiger partial charge in [-0.2, -0.15) is 0 Å². The van der Waals surface area contributed by atoms with Gasteiger partial charge in [0.05, 0.1) is 25.4 Å². The molecule has 0 radical (unpaired) electrons. The molecule has 0 N–H and O–H groups in total. The van der Waals surface area contributed by atoms with Crippen molar-refractivity contribution in [1.82, 2.24) is 9.80 Å². The predicted octanol–water partition coefficient (Wildman–Crippen LogP) is 2.42. The normalized spacial score (nSPS) is 27.4. The smallest absolute Gasteiger partial charge is 0.0956 e. The van der Waals surface area contributed by atoms with Gasteiger partial charge >= 0.3 is 0 Å². The summed E-state index contributed by atoms with van der Waals surface area (Å²) in [5.41, 5.74) is 1.30. The quantitative estimate of drug-likeness (QED) is 0.832. The van der Waals surface area contributed by atoms with Gasteiger partial charge in [0.2, 0.25) is 0 Å². The van der Waals surface area contributed by atoms with Crippen LogP contribution in [0.4, 0.5) is 0 Å². The minimum Gasteiger partial charge on any atom is -0.379 e. The summed E-state index contributed by atoms with van der Waals surface area (Å²) in [6, 6.07) is 10.7. The SMILES string of the molecule is CC(C)[C@H]1CN(CCN2CCOCC2)C[C@@H](c2ccccc2)O1. The van der Waals surface area contributed by atoms with Crippen molar-refractivity contribution in [2.45, 2.75) is 26.1 Å². The lowest BCUT2D eigenvalue weighted by Crippen LogP contribution is -2.49.